The van der Waals surface area contributed by atoms with Gasteiger partial charge < -0.3 is 5.32 Å². The predicted octanol–water partition coefficient (Wildman–Crippen LogP) is 3.57. The van der Waals surface area contributed by atoms with E-state index in [-0.39, 0.29) is 10.5 Å². The Morgan fingerprint density at radius 1 is 1.25 bits per heavy atom. The normalized spacial score (nSPS) is 18.1. The number of anilines is 1. The highest BCUT2D eigenvalue weighted by atomic mass is 32.2. The fraction of sp³-hybridized carbons (Fsp3) is 0.600. The summed E-state index contributed by atoms with van der Waals surface area (Å²) in [6.45, 7) is 2.52. The second-order valence-corrected chi connectivity index (χ2v) is 8.87. The van der Waals surface area contributed by atoms with Crippen LogP contribution in [0.4, 0.5) is 5.69 Å². The van der Waals surface area contributed by atoms with Crippen LogP contribution in [0, 0.1) is 0 Å². The standard InChI is InChI=1S/C15H23NO2S2/c1-3-20(17,18)14-9-5-4-8-13(14)16-12-15(19-2)10-6-7-11-15/h4-5,8-9,16H,3,6-7,10-12H2,1-2H3. The molecule has 0 spiro atoms. The molecule has 1 N–H and O–H groups in total. The smallest absolute Gasteiger partial charge is 0.180 e. The zero-order chi connectivity index (χ0) is 14.6. The third kappa shape index (κ3) is 3.31. The maximum Gasteiger partial charge on any atom is 0.180 e. The van der Waals surface area contributed by atoms with Crippen molar-refractivity contribution in [3.63, 3.8) is 0 Å². The highest BCUT2D eigenvalue weighted by molar-refractivity contribution is 8.00. The van der Waals surface area contributed by atoms with Crippen LogP contribution >= 0.6 is 11.8 Å². The van der Waals surface area contributed by atoms with Crippen molar-refractivity contribution >= 4 is 27.3 Å². The predicted molar refractivity (Wildman–Crippen MR) is 87.4 cm³/mol. The average molecular weight is 313 g/mol. The summed E-state index contributed by atoms with van der Waals surface area (Å²) in [4.78, 5) is 0.428. The van der Waals surface area contributed by atoms with Crippen LogP contribution in [0.1, 0.15) is 32.6 Å². The lowest BCUT2D eigenvalue weighted by molar-refractivity contribution is 0.597. The Hall–Kier alpha value is -0.680. The summed E-state index contributed by atoms with van der Waals surface area (Å²) < 4.78 is 24.5. The van der Waals surface area contributed by atoms with Gasteiger partial charge in [0.15, 0.2) is 9.84 Å². The Morgan fingerprint density at radius 2 is 1.90 bits per heavy atom. The maximum absolute atomic E-state index is 12.1. The van der Waals surface area contributed by atoms with Crippen molar-refractivity contribution in [3.05, 3.63) is 24.3 Å². The van der Waals surface area contributed by atoms with Crippen molar-refractivity contribution in [2.75, 3.05) is 23.9 Å². The van der Waals surface area contributed by atoms with E-state index in [4.69, 9.17) is 0 Å². The molecule has 0 amide bonds. The summed E-state index contributed by atoms with van der Waals surface area (Å²) in [5.74, 6) is 0.138. The zero-order valence-electron chi connectivity index (χ0n) is 12.2. The van der Waals surface area contributed by atoms with Gasteiger partial charge in [-0.25, -0.2) is 8.42 Å². The van der Waals surface area contributed by atoms with Crippen molar-refractivity contribution in [1.29, 1.82) is 0 Å². The Balaban J connectivity index is 2.18. The van der Waals surface area contributed by atoms with Crippen LogP contribution in [0.25, 0.3) is 0 Å². The lowest BCUT2D eigenvalue weighted by atomic mass is 10.1. The second-order valence-electron chi connectivity index (χ2n) is 5.35. The van der Waals surface area contributed by atoms with Gasteiger partial charge in [-0.1, -0.05) is 31.9 Å². The molecular weight excluding hydrogens is 290 g/mol. The first kappa shape index (κ1) is 15.7. The quantitative estimate of drug-likeness (QED) is 0.872. The van der Waals surface area contributed by atoms with E-state index in [0.717, 1.165) is 12.2 Å². The Bertz CT molecular complexity index is 549. The van der Waals surface area contributed by atoms with Crippen LogP contribution in [-0.2, 0) is 9.84 Å². The van der Waals surface area contributed by atoms with Gasteiger partial charge in [0.05, 0.1) is 16.3 Å². The Morgan fingerprint density at radius 3 is 2.50 bits per heavy atom. The largest absolute Gasteiger partial charge is 0.383 e. The first-order chi connectivity index (χ1) is 9.53. The van der Waals surface area contributed by atoms with E-state index in [1.807, 2.05) is 23.9 Å². The lowest BCUT2D eigenvalue weighted by Crippen LogP contribution is -2.30. The molecule has 1 saturated carbocycles. The van der Waals surface area contributed by atoms with E-state index in [1.54, 1.807) is 19.1 Å². The fourth-order valence-corrected chi connectivity index (χ4v) is 4.75. The van der Waals surface area contributed by atoms with Crippen molar-refractivity contribution in [3.8, 4) is 0 Å². The second kappa shape index (κ2) is 6.39. The number of nitrogens with one attached hydrogen (secondary N) is 1. The number of hydrogen-bond donors (Lipinski definition) is 1. The van der Waals surface area contributed by atoms with Crippen molar-refractivity contribution in [1.82, 2.24) is 0 Å². The van der Waals surface area contributed by atoms with Gasteiger partial charge in [-0.3, -0.25) is 0 Å². The number of sulfone groups is 1. The highest BCUT2D eigenvalue weighted by Gasteiger charge is 2.33. The van der Waals surface area contributed by atoms with Crippen molar-refractivity contribution in [2.24, 2.45) is 0 Å². The molecule has 0 unspecified atom stereocenters. The van der Waals surface area contributed by atoms with Crippen molar-refractivity contribution < 1.29 is 8.42 Å². The van der Waals surface area contributed by atoms with Gasteiger partial charge in [0, 0.05) is 11.3 Å². The van der Waals surface area contributed by atoms with Crippen LogP contribution in [0.5, 0.6) is 0 Å². The SMILES string of the molecule is CCS(=O)(=O)c1ccccc1NCC1(SC)CCCC1. The maximum atomic E-state index is 12.1. The van der Waals surface area contributed by atoms with Gasteiger partial charge in [0.25, 0.3) is 0 Å². The van der Waals surface area contributed by atoms with Gasteiger partial charge in [-0.2, -0.15) is 11.8 Å². The molecule has 1 aliphatic carbocycles. The average Bonchev–Trinajstić information content (AvgIpc) is 2.95. The number of benzene rings is 1. The van der Waals surface area contributed by atoms with Crippen LogP contribution in [-0.4, -0.2) is 31.7 Å². The Labute approximate surface area is 126 Å². The Kier molecular flexibility index (Phi) is 5.02. The van der Waals surface area contributed by atoms with Gasteiger partial charge in [-0.15, -0.1) is 0 Å². The molecule has 1 aliphatic rings. The highest BCUT2D eigenvalue weighted by Crippen LogP contribution is 2.40. The van der Waals surface area contributed by atoms with Gasteiger partial charge in [0.2, 0.25) is 0 Å². The summed E-state index contributed by atoms with van der Waals surface area (Å²) in [5, 5.41) is 3.39. The van der Waals surface area contributed by atoms with Gasteiger partial charge >= 0.3 is 0 Å². The molecule has 0 bridgehead atoms. The first-order valence-electron chi connectivity index (χ1n) is 7.14. The number of rotatable bonds is 6. The molecule has 0 radical (unpaired) electrons. The van der Waals surface area contributed by atoms with Gasteiger partial charge in [-0.05, 0) is 31.2 Å². The third-order valence-corrected chi connectivity index (χ3v) is 7.36. The molecule has 2 rings (SSSR count). The van der Waals surface area contributed by atoms with E-state index < -0.39 is 9.84 Å². The zero-order valence-corrected chi connectivity index (χ0v) is 13.8. The topological polar surface area (TPSA) is 46.2 Å². The summed E-state index contributed by atoms with van der Waals surface area (Å²) in [6, 6.07) is 7.23. The van der Waals surface area contributed by atoms with E-state index in [0.29, 0.717) is 4.90 Å². The number of thioether (sulfide) groups is 1. The van der Waals surface area contributed by atoms with E-state index >= 15 is 0 Å². The molecule has 112 valence electrons. The van der Waals surface area contributed by atoms with Crippen LogP contribution in [0.15, 0.2) is 29.2 Å². The molecular formula is C15H23NO2S2. The molecule has 5 heteroatoms. The van der Waals surface area contributed by atoms with Crippen LogP contribution in [0.3, 0.4) is 0 Å². The summed E-state index contributed by atoms with van der Waals surface area (Å²) >= 11 is 1.91. The molecule has 1 fully saturated rings. The fourth-order valence-electron chi connectivity index (χ4n) is 2.77. The minimum atomic E-state index is -3.17. The van der Waals surface area contributed by atoms with Crippen LogP contribution in [0.2, 0.25) is 0 Å². The molecule has 0 heterocycles. The molecule has 0 aliphatic heterocycles. The molecule has 20 heavy (non-hydrogen) atoms. The van der Waals surface area contributed by atoms with Crippen molar-refractivity contribution in [2.45, 2.75) is 42.2 Å². The first-order valence-corrected chi connectivity index (χ1v) is 10.0. The minimum Gasteiger partial charge on any atom is -0.383 e. The number of para-hydroxylation sites is 1. The molecule has 3 nitrogen and oxygen atoms in total. The van der Waals surface area contributed by atoms with E-state index in [2.05, 4.69) is 11.6 Å². The van der Waals surface area contributed by atoms with E-state index in [9.17, 15) is 8.42 Å². The monoisotopic (exact) mass is 313 g/mol. The summed E-state index contributed by atoms with van der Waals surface area (Å²) in [5.41, 5.74) is 0.745. The molecule has 1 aromatic carbocycles. The minimum absolute atomic E-state index is 0.138. The molecule has 0 aromatic heterocycles. The summed E-state index contributed by atoms with van der Waals surface area (Å²) in [7, 11) is -3.17. The van der Waals surface area contributed by atoms with Crippen LogP contribution < -0.4 is 5.32 Å². The lowest BCUT2D eigenvalue weighted by Gasteiger charge is -2.28. The number of hydrogen-bond acceptors (Lipinski definition) is 4. The molecule has 1 aromatic rings. The molecule has 0 atom stereocenters. The summed E-state index contributed by atoms with van der Waals surface area (Å²) in [6.07, 6.45) is 7.13. The molecule has 0 saturated heterocycles. The van der Waals surface area contributed by atoms with Gasteiger partial charge in [0.1, 0.15) is 0 Å². The third-order valence-electron chi connectivity index (χ3n) is 4.15. The van der Waals surface area contributed by atoms with E-state index in [1.165, 1.54) is 25.7 Å².